The number of benzene rings is 1. The number of rotatable bonds is 4. The molecule has 1 aromatic rings. The molecule has 0 saturated carbocycles. The van der Waals surface area contributed by atoms with Gasteiger partial charge in [-0.1, -0.05) is 11.6 Å². The van der Waals surface area contributed by atoms with E-state index in [9.17, 15) is 10.1 Å². The van der Waals surface area contributed by atoms with Crippen LogP contribution in [-0.4, -0.2) is 10.6 Å². The monoisotopic (exact) mass is 239 g/mol. The van der Waals surface area contributed by atoms with E-state index < -0.39 is 4.92 Å². The lowest BCUT2D eigenvalue weighted by Crippen LogP contribution is -1.94. The summed E-state index contributed by atoms with van der Waals surface area (Å²) in [6.07, 6.45) is 1.62. The Balaban J connectivity index is 2.69. The minimum absolute atomic E-state index is 0.0481. The normalized spacial score (nSPS) is 11.8. The molecule has 0 amide bonds. The lowest BCUT2D eigenvalue weighted by atomic mass is 10.3. The van der Waals surface area contributed by atoms with E-state index in [0.717, 1.165) is 0 Å². The average Bonchev–Trinajstić information content (AvgIpc) is 2.27. The van der Waals surface area contributed by atoms with Crippen molar-refractivity contribution in [1.29, 1.82) is 0 Å². The zero-order chi connectivity index (χ0) is 12.0. The van der Waals surface area contributed by atoms with Gasteiger partial charge in [-0.3, -0.25) is 15.5 Å². The Bertz CT molecular complexity index is 426. The molecule has 0 aromatic heterocycles. The van der Waals surface area contributed by atoms with Crippen LogP contribution in [0.4, 0.5) is 11.4 Å². The average molecular weight is 240 g/mol. The van der Waals surface area contributed by atoms with Crippen LogP contribution >= 0.6 is 11.6 Å². The topological polar surface area (TPSA) is 67.5 Å². The fourth-order valence-corrected chi connectivity index (χ4v) is 1.12. The van der Waals surface area contributed by atoms with Gasteiger partial charge in [-0.05, 0) is 25.1 Å². The van der Waals surface area contributed by atoms with Gasteiger partial charge in [0.15, 0.2) is 0 Å². The van der Waals surface area contributed by atoms with E-state index in [4.69, 9.17) is 11.6 Å². The molecule has 0 fully saturated rings. The maximum Gasteiger partial charge on any atom is 0.269 e. The predicted molar refractivity (Wildman–Crippen MR) is 64.8 cm³/mol. The number of non-ortho nitro benzene ring substituents is 1. The second-order valence-electron chi connectivity index (χ2n) is 2.96. The Hall–Kier alpha value is -1.88. The van der Waals surface area contributed by atoms with Crippen molar-refractivity contribution in [2.75, 3.05) is 5.43 Å². The lowest BCUT2D eigenvalue weighted by molar-refractivity contribution is -0.384. The third kappa shape index (κ3) is 3.70. The van der Waals surface area contributed by atoms with E-state index in [0.29, 0.717) is 11.4 Å². The first-order valence-electron chi connectivity index (χ1n) is 4.45. The number of halogens is 1. The fourth-order valence-electron chi connectivity index (χ4n) is 0.939. The molecule has 0 radical (unpaired) electrons. The molecule has 1 rings (SSSR count). The third-order valence-electron chi connectivity index (χ3n) is 1.74. The number of allylic oxidation sites excluding steroid dienone is 1. The summed E-state index contributed by atoms with van der Waals surface area (Å²) >= 11 is 5.37. The number of nitrogens with zero attached hydrogens (tertiary/aromatic N) is 2. The zero-order valence-electron chi connectivity index (χ0n) is 8.55. The molecule has 0 aliphatic carbocycles. The lowest BCUT2D eigenvalue weighted by Gasteiger charge is -2.00. The molecule has 0 bridgehead atoms. The molecule has 0 unspecified atom stereocenters. The van der Waals surface area contributed by atoms with E-state index in [1.165, 1.54) is 17.7 Å². The molecule has 0 spiro atoms. The first-order valence-corrected chi connectivity index (χ1v) is 4.88. The molecule has 5 nitrogen and oxygen atoms in total. The van der Waals surface area contributed by atoms with Gasteiger partial charge in [0.1, 0.15) is 0 Å². The Morgan fingerprint density at radius 2 is 2.12 bits per heavy atom. The van der Waals surface area contributed by atoms with Gasteiger partial charge in [0, 0.05) is 17.7 Å². The highest BCUT2D eigenvalue weighted by Gasteiger charge is 2.02. The summed E-state index contributed by atoms with van der Waals surface area (Å²) in [4.78, 5) is 9.95. The van der Waals surface area contributed by atoms with Gasteiger partial charge in [-0.2, -0.15) is 5.10 Å². The van der Waals surface area contributed by atoms with Crippen LogP contribution in [0.1, 0.15) is 6.92 Å². The summed E-state index contributed by atoms with van der Waals surface area (Å²) in [6, 6.07) is 5.98. The van der Waals surface area contributed by atoms with Gasteiger partial charge >= 0.3 is 0 Å². The summed E-state index contributed by atoms with van der Waals surface area (Å²) in [5.41, 5.74) is 5.53. The van der Waals surface area contributed by atoms with Crippen LogP contribution in [0.2, 0.25) is 0 Å². The van der Waals surface area contributed by atoms with Crippen molar-refractivity contribution in [3.05, 3.63) is 46.0 Å². The minimum atomic E-state index is -0.450. The molecule has 0 saturated heterocycles. The Labute approximate surface area is 97.6 Å². The molecular weight excluding hydrogens is 230 g/mol. The highest BCUT2D eigenvalue weighted by molar-refractivity contribution is 6.27. The molecule has 84 valence electrons. The van der Waals surface area contributed by atoms with Crippen molar-refractivity contribution in [2.45, 2.75) is 6.92 Å². The largest absolute Gasteiger partial charge is 0.278 e. The Morgan fingerprint density at radius 1 is 1.50 bits per heavy atom. The first kappa shape index (κ1) is 12.2. The molecule has 0 aliphatic rings. The Kier molecular flexibility index (Phi) is 4.47. The van der Waals surface area contributed by atoms with Crippen molar-refractivity contribution in [3.8, 4) is 0 Å². The van der Waals surface area contributed by atoms with E-state index in [2.05, 4.69) is 10.5 Å². The number of hydrogen-bond acceptors (Lipinski definition) is 4. The van der Waals surface area contributed by atoms with Gasteiger partial charge in [-0.25, -0.2) is 0 Å². The van der Waals surface area contributed by atoms with E-state index >= 15 is 0 Å². The maximum atomic E-state index is 10.4. The minimum Gasteiger partial charge on any atom is -0.278 e. The molecule has 0 aliphatic heterocycles. The van der Waals surface area contributed by atoms with E-state index in [1.807, 2.05) is 0 Å². The number of nitrogens with one attached hydrogen (secondary N) is 1. The van der Waals surface area contributed by atoms with Crippen molar-refractivity contribution >= 4 is 28.7 Å². The first-order chi connectivity index (χ1) is 7.63. The SMILES string of the molecule is CC(C=CCl)=NNc1ccc([N+](=O)[O-])cc1. The van der Waals surface area contributed by atoms with Gasteiger partial charge < -0.3 is 0 Å². The number of nitro groups is 1. The van der Waals surface area contributed by atoms with Crippen molar-refractivity contribution in [3.63, 3.8) is 0 Å². The molecule has 0 heterocycles. The molecule has 1 aromatic carbocycles. The predicted octanol–water partition coefficient (Wildman–Crippen LogP) is 3.14. The van der Waals surface area contributed by atoms with E-state index in [1.54, 1.807) is 25.1 Å². The molecule has 1 N–H and O–H groups in total. The Morgan fingerprint density at radius 3 is 2.62 bits per heavy atom. The summed E-state index contributed by atoms with van der Waals surface area (Å²) in [5.74, 6) is 0. The molecule has 6 heteroatoms. The third-order valence-corrected chi connectivity index (χ3v) is 1.87. The molecule has 16 heavy (non-hydrogen) atoms. The summed E-state index contributed by atoms with van der Waals surface area (Å²) in [7, 11) is 0. The van der Waals surface area contributed by atoms with Crippen LogP contribution in [0, 0.1) is 10.1 Å². The zero-order valence-corrected chi connectivity index (χ0v) is 9.31. The standard InChI is InChI=1S/C10H10ClN3O2/c1-8(6-7-11)12-13-9-2-4-10(5-3-9)14(15)16/h2-7,13H,1H3. The number of hydrogen-bond donors (Lipinski definition) is 1. The molecular formula is C10H10ClN3O2. The second-order valence-corrected chi connectivity index (χ2v) is 3.21. The number of anilines is 1. The van der Waals surface area contributed by atoms with E-state index in [-0.39, 0.29) is 5.69 Å². The number of nitro benzene ring substituents is 1. The second kappa shape index (κ2) is 5.87. The van der Waals surface area contributed by atoms with Crippen LogP contribution < -0.4 is 5.43 Å². The van der Waals surface area contributed by atoms with Gasteiger partial charge in [0.2, 0.25) is 0 Å². The van der Waals surface area contributed by atoms with Gasteiger partial charge in [-0.15, -0.1) is 0 Å². The number of hydrazone groups is 1. The van der Waals surface area contributed by atoms with Crippen LogP contribution in [-0.2, 0) is 0 Å². The van der Waals surface area contributed by atoms with Gasteiger partial charge in [0.25, 0.3) is 5.69 Å². The summed E-state index contributed by atoms with van der Waals surface area (Å²) in [5, 5.41) is 14.4. The quantitative estimate of drug-likeness (QED) is 0.499. The van der Waals surface area contributed by atoms with Crippen molar-refractivity contribution < 1.29 is 4.92 Å². The highest BCUT2D eigenvalue weighted by atomic mass is 35.5. The van der Waals surface area contributed by atoms with Crippen LogP contribution in [0.25, 0.3) is 0 Å². The van der Waals surface area contributed by atoms with Crippen molar-refractivity contribution in [2.24, 2.45) is 5.10 Å². The maximum absolute atomic E-state index is 10.4. The highest BCUT2D eigenvalue weighted by Crippen LogP contribution is 2.15. The van der Waals surface area contributed by atoms with Crippen LogP contribution in [0.15, 0.2) is 41.0 Å². The van der Waals surface area contributed by atoms with Crippen LogP contribution in [0.3, 0.4) is 0 Å². The molecule has 0 atom stereocenters. The summed E-state index contributed by atoms with van der Waals surface area (Å²) in [6.45, 7) is 1.78. The fraction of sp³-hybridized carbons (Fsp3) is 0.100. The summed E-state index contributed by atoms with van der Waals surface area (Å²) < 4.78 is 0. The van der Waals surface area contributed by atoms with Crippen molar-refractivity contribution in [1.82, 2.24) is 0 Å². The van der Waals surface area contributed by atoms with Crippen LogP contribution in [0.5, 0.6) is 0 Å². The van der Waals surface area contributed by atoms with Gasteiger partial charge in [0.05, 0.1) is 16.3 Å². The smallest absolute Gasteiger partial charge is 0.269 e.